The predicted molar refractivity (Wildman–Crippen MR) is 40.6 cm³/mol. The van der Waals surface area contributed by atoms with Crippen LogP contribution in [0.25, 0.3) is 0 Å². The molecule has 11 heavy (non-hydrogen) atoms. The predicted octanol–water partition coefficient (Wildman–Crippen LogP) is 1.81. The number of carboxylic acids is 1. The molecule has 0 bridgehead atoms. The number of hydrogen-bond donors (Lipinski definition) is 2. The third kappa shape index (κ3) is 1.71. The number of carbonyl (C=O) groups is 1. The fourth-order valence-electron chi connectivity index (χ4n) is 0.640. The number of aromatic carboxylic acids is 1. The average molecular weight is 172 g/mol. The lowest BCUT2D eigenvalue weighted by atomic mass is 10.2. The van der Waals surface area contributed by atoms with E-state index < -0.39 is 11.8 Å². The van der Waals surface area contributed by atoms with Crippen molar-refractivity contribution in [3.8, 4) is 0 Å². The Balaban J connectivity index is 3.15. The Bertz CT molecular complexity index is 298. The van der Waals surface area contributed by atoms with Gasteiger partial charge in [-0.05, 0) is 18.2 Å². The summed E-state index contributed by atoms with van der Waals surface area (Å²) in [5.74, 6) is -1.76. The normalized spacial score (nSPS) is 9.64. The van der Waals surface area contributed by atoms with Gasteiger partial charge in [-0.1, -0.05) is 0 Å². The van der Waals surface area contributed by atoms with E-state index in [0.29, 0.717) is 0 Å². The Kier molecular flexibility index (Phi) is 2.14. The van der Waals surface area contributed by atoms with Gasteiger partial charge >= 0.3 is 5.97 Å². The summed E-state index contributed by atoms with van der Waals surface area (Å²) < 4.78 is 12.6. The van der Waals surface area contributed by atoms with Crippen LogP contribution in [0.5, 0.6) is 0 Å². The molecule has 1 aromatic carbocycles. The van der Waals surface area contributed by atoms with Crippen LogP contribution in [0.4, 0.5) is 4.39 Å². The van der Waals surface area contributed by atoms with Crippen LogP contribution in [-0.4, -0.2) is 11.1 Å². The third-order valence-electron chi connectivity index (χ3n) is 1.19. The quantitative estimate of drug-likeness (QED) is 0.634. The first-order chi connectivity index (χ1) is 5.11. The van der Waals surface area contributed by atoms with Gasteiger partial charge in [-0.2, -0.15) is 0 Å². The van der Waals surface area contributed by atoms with Gasteiger partial charge < -0.3 is 5.11 Å². The van der Waals surface area contributed by atoms with Crippen molar-refractivity contribution in [2.24, 2.45) is 0 Å². The van der Waals surface area contributed by atoms with E-state index in [1.54, 1.807) is 0 Å². The van der Waals surface area contributed by atoms with Gasteiger partial charge in [-0.25, -0.2) is 9.18 Å². The molecule has 0 unspecified atom stereocenters. The monoisotopic (exact) mass is 172 g/mol. The molecule has 0 aliphatic carbocycles. The molecule has 0 spiro atoms. The SMILES string of the molecule is O=C(O)c1ccc(S)c(F)c1. The van der Waals surface area contributed by atoms with Crippen LogP contribution in [0.15, 0.2) is 23.1 Å². The molecular weight excluding hydrogens is 167 g/mol. The zero-order valence-electron chi connectivity index (χ0n) is 5.41. The highest BCUT2D eigenvalue weighted by Gasteiger charge is 2.04. The summed E-state index contributed by atoms with van der Waals surface area (Å²) in [6, 6.07) is 3.54. The van der Waals surface area contributed by atoms with Crippen molar-refractivity contribution in [2.75, 3.05) is 0 Å². The minimum Gasteiger partial charge on any atom is -0.478 e. The first-order valence-electron chi connectivity index (χ1n) is 2.83. The van der Waals surface area contributed by atoms with Crippen molar-refractivity contribution < 1.29 is 14.3 Å². The van der Waals surface area contributed by atoms with Crippen LogP contribution in [0, 0.1) is 5.82 Å². The van der Waals surface area contributed by atoms with Gasteiger partial charge in [0.1, 0.15) is 5.82 Å². The lowest BCUT2D eigenvalue weighted by Gasteiger charge is -1.95. The second-order valence-corrected chi connectivity index (χ2v) is 2.45. The highest BCUT2D eigenvalue weighted by molar-refractivity contribution is 7.80. The fraction of sp³-hybridized carbons (Fsp3) is 0. The Morgan fingerprint density at radius 3 is 2.64 bits per heavy atom. The van der Waals surface area contributed by atoms with Crippen molar-refractivity contribution in [2.45, 2.75) is 4.90 Å². The Hall–Kier alpha value is -1.03. The molecule has 0 radical (unpaired) electrons. The van der Waals surface area contributed by atoms with E-state index in [2.05, 4.69) is 12.6 Å². The van der Waals surface area contributed by atoms with Crippen LogP contribution in [0.3, 0.4) is 0 Å². The topological polar surface area (TPSA) is 37.3 Å². The highest BCUT2D eigenvalue weighted by Crippen LogP contribution is 2.13. The number of rotatable bonds is 1. The first kappa shape index (κ1) is 8.07. The zero-order chi connectivity index (χ0) is 8.43. The van der Waals surface area contributed by atoms with E-state index in [1.807, 2.05) is 0 Å². The molecule has 0 aliphatic rings. The van der Waals surface area contributed by atoms with Crippen molar-refractivity contribution in [1.29, 1.82) is 0 Å². The van der Waals surface area contributed by atoms with Crippen LogP contribution < -0.4 is 0 Å². The Morgan fingerprint density at radius 2 is 2.18 bits per heavy atom. The summed E-state index contributed by atoms with van der Waals surface area (Å²) in [6.07, 6.45) is 0. The van der Waals surface area contributed by atoms with Crippen molar-refractivity contribution in [3.05, 3.63) is 29.6 Å². The Labute approximate surface area is 68.1 Å². The summed E-state index contributed by atoms with van der Waals surface area (Å²) in [5.41, 5.74) is -0.0692. The molecule has 1 rings (SSSR count). The molecule has 0 atom stereocenters. The smallest absolute Gasteiger partial charge is 0.335 e. The third-order valence-corrected chi connectivity index (χ3v) is 1.56. The summed E-state index contributed by atoms with van der Waals surface area (Å²) in [7, 11) is 0. The number of carboxylic acid groups (broad SMARTS) is 1. The van der Waals surface area contributed by atoms with E-state index in [4.69, 9.17) is 5.11 Å². The van der Waals surface area contributed by atoms with E-state index in [0.717, 1.165) is 6.07 Å². The number of thiol groups is 1. The maximum Gasteiger partial charge on any atom is 0.335 e. The second kappa shape index (κ2) is 2.92. The maximum atomic E-state index is 12.6. The van der Waals surface area contributed by atoms with E-state index in [1.165, 1.54) is 12.1 Å². The molecule has 0 aromatic heterocycles. The molecule has 0 fully saturated rings. The summed E-state index contributed by atoms with van der Waals surface area (Å²) >= 11 is 3.75. The fourth-order valence-corrected chi connectivity index (χ4v) is 0.779. The summed E-state index contributed by atoms with van der Waals surface area (Å²) in [4.78, 5) is 10.4. The first-order valence-corrected chi connectivity index (χ1v) is 3.28. The van der Waals surface area contributed by atoms with Crippen molar-refractivity contribution >= 4 is 18.6 Å². The Morgan fingerprint density at radius 1 is 1.55 bits per heavy atom. The minimum atomic E-state index is -1.14. The van der Waals surface area contributed by atoms with E-state index in [9.17, 15) is 9.18 Å². The molecule has 1 N–H and O–H groups in total. The number of halogens is 1. The average Bonchev–Trinajstić information content (AvgIpc) is 1.94. The van der Waals surface area contributed by atoms with Crippen LogP contribution in [-0.2, 0) is 0 Å². The van der Waals surface area contributed by atoms with Crippen LogP contribution in [0.1, 0.15) is 10.4 Å². The van der Waals surface area contributed by atoms with Gasteiger partial charge in [0.2, 0.25) is 0 Å². The van der Waals surface area contributed by atoms with Gasteiger partial charge in [0.05, 0.1) is 5.56 Å². The maximum absolute atomic E-state index is 12.6. The summed E-state index contributed by atoms with van der Waals surface area (Å²) in [6.45, 7) is 0. The molecule has 58 valence electrons. The van der Waals surface area contributed by atoms with Gasteiger partial charge in [0.15, 0.2) is 0 Å². The molecule has 0 saturated carbocycles. The summed E-state index contributed by atoms with van der Waals surface area (Å²) in [5, 5.41) is 8.41. The number of hydrogen-bond acceptors (Lipinski definition) is 2. The standard InChI is InChI=1S/C7H5FO2S/c8-5-3-4(7(9)10)1-2-6(5)11/h1-3,11H,(H,9,10). The van der Waals surface area contributed by atoms with Crippen molar-refractivity contribution in [1.82, 2.24) is 0 Å². The van der Waals surface area contributed by atoms with Crippen LogP contribution >= 0.6 is 12.6 Å². The molecule has 0 aliphatic heterocycles. The van der Waals surface area contributed by atoms with Gasteiger partial charge in [0.25, 0.3) is 0 Å². The van der Waals surface area contributed by atoms with E-state index >= 15 is 0 Å². The van der Waals surface area contributed by atoms with Crippen molar-refractivity contribution in [3.63, 3.8) is 0 Å². The van der Waals surface area contributed by atoms with Gasteiger partial charge in [0, 0.05) is 4.90 Å². The number of benzene rings is 1. The molecular formula is C7H5FO2S. The largest absolute Gasteiger partial charge is 0.478 e. The highest BCUT2D eigenvalue weighted by atomic mass is 32.1. The van der Waals surface area contributed by atoms with E-state index in [-0.39, 0.29) is 10.5 Å². The second-order valence-electron chi connectivity index (χ2n) is 1.97. The molecule has 1 aromatic rings. The molecule has 0 saturated heterocycles. The lowest BCUT2D eigenvalue weighted by molar-refractivity contribution is 0.0696. The molecule has 4 heteroatoms. The molecule has 0 heterocycles. The lowest BCUT2D eigenvalue weighted by Crippen LogP contribution is -1.96. The zero-order valence-corrected chi connectivity index (χ0v) is 6.31. The van der Waals surface area contributed by atoms with Crippen LogP contribution in [0.2, 0.25) is 0 Å². The minimum absolute atomic E-state index is 0.0692. The van der Waals surface area contributed by atoms with Gasteiger partial charge in [-0.3, -0.25) is 0 Å². The van der Waals surface area contributed by atoms with Gasteiger partial charge in [-0.15, -0.1) is 12.6 Å². The molecule has 2 nitrogen and oxygen atoms in total. The molecule has 0 amide bonds.